The van der Waals surface area contributed by atoms with E-state index in [0.29, 0.717) is 13.0 Å². The van der Waals surface area contributed by atoms with Crippen LogP contribution in [-0.4, -0.2) is 35.7 Å². The SMILES string of the molecule is CCCCN(CCCO)C(=O)Nc1cccc(Br)c1C. The summed E-state index contributed by atoms with van der Waals surface area (Å²) in [7, 11) is 0. The number of nitrogens with zero attached hydrogens (tertiary/aromatic N) is 1. The maximum Gasteiger partial charge on any atom is 0.321 e. The lowest BCUT2D eigenvalue weighted by Crippen LogP contribution is -2.37. The molecule has 0 atom stereocenters. The number of rotatable bonds is 7. The number of carbonyl (C=O) groups excluding carboxylic acids is 1. The molecule has 0 bridgehead atoms. The molecule has 0 saturated carbocycles. The zero-order valence-electron chi connectivity index (χ0n) is 12.2. The number of hydrogen-bond donors (Lipinski definition) is 2. The number of amides is 2. The van der Waals surface area contributed by atoms with Gasteiger partial charge in [0.1, 0.15) is 0 Å². The van der Waals surface area contributed by atoms with Crippen molar-refractivity contribution in [1.29, 1.82) is 0 Å². The van der Waals surface area contributed by atoms with Crippen molar-refractivity contribution in [2.75, 3.05) is 25.0 Å². The van der Waals surface area contributed by atoms with Gasteiger partial charge in [-0.2, -0.15) is 0 Å². The molecule has 0 aromatic heterocycles. The number of unbranched alkanes of at least 4 members (excludes halogenated alkanes) is 1. The number of anilines is 1. The highest BCUT2D eigenvalue weighted by Gasteiger charge is 2.14. The van der Waals surface area contributed by atoms with Crippen LogP contribution in [-0.2, 0) is 0 Å². The number of halogens is 1. The van der Waals surface area contributed by atoms with Crippen LogP contribution in [0.4, 0.5) is 10.5 Å². The molecular weight excluding hydrogens is 320 g/mol. The molecule has 4 nitrogen and oxygen atoms in total. The fourth-order valence-corrected chi connectivity index (χ4v) is 2.23. The van der Waals surface area contributed by atoms with Crippen LogP contribution in [0.1, 0.15) is 31.7 Å². The Hall–Kier alpha value is -1.07. The summed E-state index contributed by atoms with van der Waals surface area (Å²) in [5, 5.41) is 11.9. The van der Waals surface area contributed by atoms with Gasteiger partial charge in [0.25, 0.3) is 0 Å². The Morgan fingerprint density at radius 1 is 1.35 bits per heavy atom. The van der Waals surface area contributed by atoms with Gasteiger partial charge < -0.3 is 15.3 Å². The second-order valence-electron chi connectivity index (χ2n) is 4.76. The largest absolute Gasteiger partial charge is 0.396 e. The van der Waals surface area contributed by atoms with E-state index in [-0.39, 0.29) is 12.6 Å². The first-order chi connectivity index (χ1) is 9.60. The molecule has 2 amide bonds. The van der Waals surface area contributed by atoms with Crippen molar-refractivity contribution in [3.05, 3.63) is 28.2 Å². The molecule has 0 fully saturated rings. The minimum atomic E-state index is -0.104. The zero-order chi connectivity index (χ0) is 15.0. The molecule has 1 aromatic rings. The van der Waals surface area contributed by atoms with E-state index in [0.717, 1.165) is 35.1 Å². The Labute approximate surface area is 129 Å². The van der Waals surface area contributed by atoms with Gasteiger partial charge in [0.05, 0.1) is 0 Å². The molecular formula is C15H23BrN2O2. The summed E-state index contributed by atoms with van der Waals surface area (Å²) < 4.78 is 0.978. The van der Waals surface area contributed by atoms with E-state index in [1.54, 1.807) is 4.90 Å². The highest BCUT2D eigenvalue weighted by Crippen LogP contribution is 2.23. The summed E-state index contributed by atoms with van der Waals surface area (Å²) in [6, 6.07) is 5.64. The fraction of sp³-hybridized carbons (Fsp3) is 0.533. The number of aliphatic hydroxyl groups is 1. The predicted molar refractivity (Wildman–Crippen MR) is 86.1 cm³/mol. The summed E-state index contributed by atoms with van der Waals surface area (Å²) in [5.41, 5.74) is 1.83. The van der Waals surface area contributed by atoms with Gasteiger partial charge in [-0.15, -0.1) is 0 Å². The summed E-state index contributed by atoms with van der Waals surface area (Å²) in [6.45, 7) is 5.46. The fourth-order valence-electron chi connectivity index (χ4n) is 1.86. The molecule has 0 aliphatic heterocycles. The van der Waals surface area contributed by atoms with Crippen molar-refractivity contribution < 1.29 is 9.90 Å². The van der Waals surface area contributed by atoms with Crippen molar-refractivity contribution in [1.82, 2.24) is 4.90 Å². The highest BCUT2D eigenvalue weighted by atomic mass is 79.9. The van der Waals surface area contributed by atoms with E-state index in [4.69, 9.17) is 5.11 Å². The number of benzene rings is 1. The lowest BCUT2D eigenvalue weighted by Gasteiger charge is -2.23. The number of nitrogens with one attached hydrogen (secondary N) is 1. The standard InChI is InChI=1S/C15H23BrN2O2/c1-3-4-9-18(10-6-11-19)15(20)17-14-8-5-7-13(16)12(14)2/h5,7-8,19H,3-4,6,9-11H2,1-2H3,(H,17,20). The lowest BCUT2D eigenvalue weighted by molar-refractivity contribution is 0.201. The van der Waals surface area contributed by atoms with Crippen molar-refractivity contribution in [2.24, 2.45) is 0 Å². The van der Waals surface area contributed by atoms with Crippen molar-refractivity contribution >= 4 is 27.6 Å². The first-order valence-electron chi connectivity index (χ1n) is 7.02. The minimum absolute atomic E-state index is 0.103. The normalized spacial score (nSPS) is 10.4. The molecule has 0 aliphatic carbocycles. The van der Waals surface area contributed by atoms with Crippen LogP contribution in [0.2, 0.25) is 0 Å². The molecule has 0 saturated heterocycles. The maximum absolute atomic E-state index is 12.3. The van der Waals surface area contributed by atoms with Crippen LogP contribution in [0.3, 0.4) is 0 Å². The first-order valence-corrected chi connectivity index (χ1v) is 7.81. The Morgan fingerprint density at radius 3 is 2.70 bits per heavy atom. The monoisotopic (exact) mass is 342 g/mol. The molecule has 0 unspecified atom stereocenters. The zero-order valence-corrected chi connectivity index (χ0v) is 13.7. The van der Waals surface area contributed by atoms with Gasteiger partial charge in [-0.1, -0.05) is 35.3 Å². The number of hydrogen-bond acceptors (Lipinski definition) is 2. The Balaban J connectivity index is 2.71. The smallest absolute Gasteiger partial charge is 0.321 e. The third-order valence-electron chi connectivity index (χ3n) is 3.16. The van der Waals surface area contributed by atoms with E-state index < -0.39 is 0 Å². The van der Waals surface area contributed by atoms with Crippen LogP contribution < -0.4 is 5.32 Å². The van der Waals surface area contributed by atoms with Crippen LogP contribution >= 0.6 is 15.9 Å². The van der Waals surface area contributed by atoms with Gasteiger partial charge in [-0.3, -0.25) is 0 Å². The van der Waals surface area contributed by atoms with E-state index in [9.17, 15) is 4.79 Å². The molecule has 20 heavy (non-hydrogen) atoms. The van der Waals surface area contributed by atoms with E-state index in [2.05, 4.69) is 28.2 Å². The van der Waals surface area contributed by atoms with Gasteiger partial charge in [0.2, 0.25) is 0 Å². The second kappa shape index (κ2) is 8.97. The van der Waals surface area contributed by atoms with Crippen LogP contribution in [0.15, 0.2) is 22.7 Å². The van der Waals surface area contributed by atoms with Crippen LogP contribution in [0, 0.1) is 6.92 Å². The minimum Gasteiger partial charge on any atom is -0.396 e. The third-order valence-corrected chi connectivity index (χ3v) is 4.02. The van der Waals surface area contributed by atoms with Crippen molar-refractivity contribution in [3.63, 3.8) is 0 Å². The quantitative estimate of drug-likeness (QED) is 0.792. The van der Waals surface area contributed by atoms with E-state index >= 15 is 0 Å². The molecule has 2 N–H and O–H groups in total. The Morgan fingerprint density at radius 2 is 2.05 bits per heavy atom. The second-order valence-corrected chi connectivity index (χ2v) is 5.61. The Bertz CT molecular complexity index is 430. The number of carbonyl (C=O) groups is 1. The van der Waals surface area contributed by atoms with Crippen LogP contribution in [0.5, 0.6) is 0 Å². The van der Waals surface area contributed by atoms with E-state index in [1.165, 1.54) is 0 Å². The first kappa shape index (κ1) is 17.0. The molecule has 1 aromatic carbocycles. The van der Waals surface area contributed by atoms with Crippen LogP contribution in [0.25, 0.3) is 0 Å². The van der Waals surface area contributed by atoms with Gasteiger partial charge >= 0.3 is 6.03 Å². The summed E-state index contributed by atoms with van der Waals surface area (Å²) in [6.07, 6.45) is 2.61. The van der Waals surface area contributed by atoms with Gasteiger partial charge in [-0.25, -0.2) is 4.79 Å². The molecule has 0 spiro atoms. The van der Waals surface area contributed by atoms with Crippen molar-refractivity contribution in [3.8, 4) is 0 Å². The average Bonchev–Trinajstić information content (AvgIpc) is 2.44. The Kier molecular flexibility index (Phi) is 7.62. The molecule has 112 valence electrons. The maximum atomic E-state index is 12.3. The lowest BCUT2D eigenvalue weighted by atomic mass is 10.2. The summed E-state index contributed by atoms with van der Waals surface area (Å²) in [4.78, 5) is 14.1. The average molecular weight is 343 g/mol. The van der Waals surface area contributed by atoms with Gasteiger partial charge in [0.15, 0.2) is 0 Å². The molecule has 1 rings (SSSR count). The molecule has 5 heteroatoms. The predicted octanol–water partition coefficient (Wildman–Crippen LogP) is 3.77. The topological polar surface area (TPSA) is 52.6 Å². The summed E-state index contributed by atoms with van der Waals surface area (Å²) >= 11 is 3.46. The highest BCUT2D eigenvalue weighted by molar-refractivity contribution is 9.10. The summed E-state index contributed by atoms with van der Waals surface area (Å²) in [5.74, 6) is 0. The van der Waals surface area contributed by atoms with E-state index in [1.807, 2.05) is 25.1 Å². The molecule has 0 aliphatic rings. The van der Waals surface area contributed by atoms with Gasteiger partial charge in [0, 0.05) is 29.9 Å². The van der Waals surface area contributed by atoms with Crippen molar-refractivity contribution in [2.45, 2.75) is 33.1 Å². The van der Waals surface area contributed by atoms with Gasteiger partial charge in [-0.05, 0) is 37.5 Å². The number of aliphatic hydroxyl groups excluding tert-OH is 1. The number of urea groups is 1. The molecule has 0 heterocycles. The third kappa shape index (κ3) is 5.13. The molecule has 0 radical (unpaired) electrons.